The fourth-order valence-corrected chi connectivity index (χ4v) is 6.39. The number of carboxylic acids is 1. The van der Waals surface area contributed by atoms with Crippen molar-refractivity contribution in [3.05, 3.63) is 41.6 Å². The summed E-state index contributed by atoms with van der Waals surface area (Å²) in [6, 6.07) is 9.29. The molecule has 3 aliphatic rings. The van der Waals surface area contributed by atoms with Crippen LogP contribution in [0.1, 0.15) is 26.2 Å². The Balaban J connectivity index is 0.00000245. The molecule has 1 amide bonds. The predicted molar refractivity (Wildman–Crippen MR) is 109 cm³/mol. The maximum absolute atomic E-state index is 12.6. The maximum atomic E-state index is 12.6. The molecule has 162 valence electrons. The van der Waals surface area contributed by atoms with E-state index in [2.05, 4.69) is 15.5 Å². The molecule has 0 radical (unpaired) electrons. The first-order chi connectivity index (χ1) is 15.0. The summed E-state index contributed by atoms with van der Waals surface area (Å²) in [5, 5.41) is 34.7. The van der Waals surface area contributed by atoms with E-state index in [9.17, 15) is 19.8 Å². The number of tetrazole rings is 1. The van der Waals surface area contributed by atoms with Crippen LogP contribution in [0.15, 0.2) is 46.8 Å². The van der Waals surface area contributed by atoms with Crippen LogP contribution in [0, 0.1) is 17.8 Å². The van der Waals surface area contributed by atoms with Gasteiger partial charge in [-0.15, -0.1) is 5.10 Å². The molecule has 1 N–H and O–H groups in total. The minimum Gasteiger partial charge on any atom is -0.543 e. The number of carbonyl (C=O) groups is 2. The molecular weight excluding hydrogens is 457 g/mol. The first kappa shape index (κ1) is 24.1. The van der Waals surface area contributed by atoms with Crippen molar-refractivity contribution >= 4 is 23.6 Å². The van der Waals surface area contributed by atoms with E-state index in [1.54, 1.807) is 11.6 Å². The number of benzene rings is 1. The molecule has 0 bridgehead atoms. The number of aliphatic hydroxyl groups excluding tert-OH is 1. The van der Waals surface area contributed by atoms with Gasteiger partial charge in [0.15, 0.2) is 0 Å². The summed E-state index contributed by atoms with van der Waals surface area (Å²) in [4.78, 5) is 26.0. The SMILES string of the molecule is C[C@@H](O)[C@H]1C(=O)N2C(C(=O)[O-])=C3[C@@H](CSc4nnnn4-c4ccccc4)CCC[C@@H]3[C@H]12.[K+]. The third-order valence-corrected chi connectivity index (χ3v) is 7.67. The van der Waals surface area contributed by atoms with Gasteiger partial charge in [-0.1, -0.05) is 36.4 Å². The standard InChI is InChI=1S/C21H23N5O4S.K/c1-11(27)15-17-14-9-5-6-12(16(14)18(20(29)30)25(17)19(15)28)10-31-21-22-23-24-26(21)13-7-3-2-4-8-13;/h2-4,7-8,11-12,14-15,17,27H,5-6,9-10H2,1H3,(H,29,30);/q;+1/p-1/t11-,12-,14+,15-,17-;/m1./s1. The van der Waals surface area contributed by atoms with E-state index in [1.807, 2.05) is 30.3 Å². The Bertz CT molecular complexity index is 1060. The van der Waals surface area contributed by atoms with E-state index in [4.69, 9.17) is 0 Å². The molecule has 5 atom stereocenters. The van der Waals surface area contributed by atoms with Gasteiger partial charge in [0.25, 0.3) is 0 Å². The van der Waals surface area contributed by atoms with E-state index >= 15 is 0 Å². The third kappa shape index (κ3) is 3.91. The molecule has 1 aromatic heterocycles. The molecule has 32 heavy (non-hydrogen) atoms. The summed E-state index contributed by atoms with van der Waals surface area (Å²) in [5.41, 5.74) is 1.66. The van der Waals surface area contributed by atoms with Crippen molar-refractivity contribution in [1.82, 2.24) is 25.1 Å². The van der Waals surface area contributed by atoms with Crippen LogP contribution in [0.4, 0.5) is 0 Å². The van der Waals surface area contributed by atoms with E-state index in [1.165, 1.54) is 16.7 Å². The Hall–Kier alpha value is -1.08. The van der Waals surface area contributed by atoms with Crippen LogP contribution in [0.2, 0.25) is 0 Å². The molecule has 11 heteroatoms. The molecule has 0 spiro atoms. The number of fused-ring (bicyclic) bond motifs is 3. The normalized spacial score (nSPS) is 27.3. The minimum atomic E-state index is -1.31. The van der Waals surface area contributed by atoms with Crippen LogP contribution in [0.5, 0.6) is 0 Å². The molecule has 1 aromatic carbocycles. The number of carboxylic acid groups (broad SMARTS) is 1. The molecule has 0 unspecified atom stereocenters. The molecule has 1 aliphatic carbocycles. The van der Waals surface area contributed by atoms with Crippen LogP contribution in [-0.4, -0.2) is 60.0 Å². The number of para-hydroxylation sites is 1. The van der Waals surface area contributed by atoms with Gasteiger partial charge in [-0.05, 0) is 53.8 Å². The maximum Gasteiger partial charge on any atom is 1.00 e. The zero-order chi connectivity index (χ0) is 21.7. The quantitative estimate of drug-likeness (QED) is 0.272. The van der Waals surface area contributed by atoms with Crippen molar-refractivity contribution in [2.24, 2.45) is 17.8 Å². The van der Waals surface area contributed by atoms with Gasteiger partial charge >= 0.3 is 51.4 Å². The van der Waals surface area contributed by atoms with Gasteiger partial charge in [-0.25, -0.2) is 0 Å². The summed E-state index contributed by atoms with van der Waals surface area (Å²) < 4.78 is 1.66. The summed E-state index contributed by atoms with van der Waals surface area (Å²) in [6.45, 7) is 1.59. The van der Waals surface area contributed by atoms with Gasteiger partial charge in [0, 0.05) is 11.7 Å². The molecule has 3 heterocycles. The topological polar surface area (TPSA) is 124 Å². The number of thioether (sulfide) groups is 1. The average Bonchev–Trinajstić information content (AvgIpc) is 3.33. The second kappa shape index (κ2) is 9.65. The van der Waals surface area contributed by atoms with Crippen LogP contribution < -0.4 is 56.5 Å². The van der Waals surface area contributed by atoms with Gasteiger partial charge < -0.3 is 19.9 Å². The minimum absolute atomic E-state index is 0. The Morgan fingerprint density at radius 2 is 2.06 bits per heavy atom. The Labute approximate surface area is 232 Å². The van der Waals surface area contributed by atoms with Gasteiger partial charge in [-0.2, -0.15) is 4.68 Å². The van der Waals surface area contributed by atoms with E-state index in [0.29, 0.717) is 10.9 Å². The Morgan fingerprint density at radius 1 is 1.31 bits per heavy atom. The number of β-lactam (4-membered cyclic amide) rings is 1. The summed E-state index contributed by atoms with van der Waals surface area (Å²) in [6.07, 6.45) is 1.78. The van der Waals surface area contributed by atoms with E-state index < -0.39 is 18.0 Å². The monoisotopic (exact) mass is 479 g/mol. The molecule has 9 nitrogen and oxygen atoms in total. The van der Waals surface area contributed by atoms with Crippen LogP contribution in [-0.2, 0) is 9.59 Å². The molecule has 5 rings (SSSR count). The number of hydrogen-bond acceptors (Lipinski definition) is 8. The van der Waals surface area contributed by atoms with Crippen molar-refractivity contribution in [3.63, 3.8) is 0 Å². The first-order valence-electron chi connectivity index (χ1n) is 10.4. The Kier molecular flexibility index (Phi) is 7.25. The smallest absolute Gasteiger partial charge is 0.543 e. The Morgan fingerprint density at radius 3 is 2.75 bits per heavy atom. The van der Waals surface area contributed by atoms with Crippen LogP contribution in [0.25, 0.3) is 5.69 Å². The number of rotatable bonds is 6. The number of aliphatic carboxylic acids is 1. The van der Waals surface area contributed by atoms with Crippen LogP contribution >= 0.6 is 11.8 Å². The van der Waals surface area contributed by atoms with Gasteiger partial charge in [0.1, 0.15) is 0 Å². The van der Waals surface area contributed by atoms with Crippen molar-refractivity contribution in [2.75, 3.05) is 5.75 Å². The first-order valence-corrected chi connectivity index (χ1v) is 11.4. The van der Waals surface area contributed by atoms with Crippen LogP contribution in [0.3, 0.4) is 0 Å². The summed E-state index contributed by atoms with van der Waals surface area (Å²) in [7, 11) is 0. The predicted octanol–water partition coefficient (Wildman–Crippen LogP) is -2.60. The molecule has 1 saturated carbocycles. The number of aliphatic hydroxyl groups is 1. The van der Waals surface area contributed by atoms with E-state index in [0.717, 1.165) is 30.5 Å². The number of aromatic nitrogens is 4. The molecular formula is C21H22KN5O4S. The van der Waals surface area contributed by atoms with E-state index in [-0.39, 0.29) is 80.9 Å². The number of nitrogens with zero attached hydrogens (tertiary/aromatic N) is 5. The van der Waals surface area contributed by atoms with Gasteiger partial charge in [0.05, 0.1) is 35.4 Å². The average molecular weight is 480 g/mol. The molecule has 2 aromatic rings. The third-order valence-electron chi connectivity index (χ3n) is 6.59. The van der Waals surface area contributed by atoms with Crippen molar-refractivity contribution in [2.45, 2.75) is 43.5 Å². The fourth-order valence-electron chi connectivity index (χ4n) is 5.34. The molecule has 1 saturated heterocycles. The molecule has 2 aliphatic heterocycles. The number of carbonyl (C=O) groups excluding carboxylic acids is 2. The number of hydrogen-bond donors (Lipinski definition) is 1. The summed E-state index contributed by atoms with van der Waals surface area (Å²) >= 11 is 1.48. The second-order valence-electron chi connectivity index (χ2n) is 8.31. The second-order valence-corrected chi connectivity index (χ2v) is 9.30. The van der Waals surface area contributed by atoms with Crippen molar-refractivity contribution < 1.29 is 71.2 Å². The number of amides is 1. The van der Waals surface area contributed by atoms with Crippen molar-refractivity contribution in [3.8, 4) is 5.69 Å². The van der Waals surface area contributed by atoms with Crippen molar-refractivity contribution in [1.29, 1.82) is 0 Å². The van der Waals surface area contributed by atoms with Gasteiger partial charge in [0.2, 0.25) is 11.1 Å². The van der Waals surface area contributed by atoms with Gasteiger partial charge in [-0.3, -0.25) is 4.79 Å². The zero-order valence-electron chi connectivity index (χ0n) is 17.9. The summed E-state index contributed by atoms with van der Waals surface area (Å²) in [5.74, 6) is -1.65. The molecule has 2 fully saturated rings. The largest absolute Gasteiger partial charge is 1.00 e. The zero-order valence-corrected chi connectivity index (χ0v) is 21.9. The fraction of sp³-hybridized carbons (Fsp3) is 0.476.